The second kappa shape index (κ2) is 2.66. The van der Waals surface area contributed by atoms with Crippen LogP contribution in [0.4, 0.5) is 0 Å². The van der Waals surface area contributed by atoms with Gasteiger partial charge in [0.15, 0.2) is 0 Å². The first-order valence-corrected chi connectivity index (χ1v) is 3.32. The Hall–Kier alpha value is -1.10. The zero-order valence-electron chi connectivity index (χ0n) is 5.21. The molecule has 54 valence electrons. The number of carbonyl (C=O) groups excluding carboxylic acids is 1. The maximum Gasteiger partial charge on any atom is 0.355 e. The van der Waals surface area contributed by atoms with Crippen molar-refractivity contribution in [1.29, 1.82) is 0 Å². The second-order valence-corrected chi connectivity index (χ2v) is 2.38. The summed E-state index contributed by atoms with van der Waals surface area (Å²) in [7, 11) is 1.26. The standard InChI is InChI=1S/C5H5NO3S/c1-9-5(8)3-2-4(7)10-6-3/h2,6H,1H3. The van der Waals surface area contributed by atoms with Gasteiger partial charge in [0.05, 0.1) is 7.11 Å². The number of methoxy groups -OCH3 is 1. The summed E-state index contributed by atoms with van der Waals surface area (Å²) in [5.41, 5.74) is 0.206. The van der Waals surface area contributed by atoms with Crippen molar-refractivity contribution in [3.8, 4) is 0 Å². The molecule has 1 aromatic rings. The molecule has 0 unspecified atom stereocenters. The van der Waals surface area contributed by atoms with E-state index < -0.39 is 5.97 Å². The molecule has 0 aliphatic carbocycles. The van der Waals surface area contributed by atoms with E-state index in [2.05, 4.69) is 9.11 Å². The third-order valence-corrected chi connectivity index (χ3v) is 1.57. The van der Waals surface area contributed by atoms with Gasteiger partial charge in [-0.25, -0.2) is 4.79 Å². The molecule has 0 saturated carbocycles. The normalized spacial score (nSPS) is 9.30. The van der Waals surface area contributed by atoms with Crippen molar-refractivity contribution < 1.29 is 9.53 Å². The molecule has 1 aromatic heterocycles. The van der Waals surface area contributed by atoms with Gasteiger partial charge in [0, 0.05) is 6.07 Å². The lowest BCUT2D eigenvalue weighted by atomic mass is 10.4. The van der Waals surface area contributed by atoms with Crippen molar-refractivity contribution in [2.45, 2.75) is 0 Å². The Balaban J connectivity index is 2.95. The quantitative estimate of drug-likeness (QED) is 0.596. The maximum atomic E-state index is 10.6. The Morgan fingerprint density at radius 3 is 2.90 bits per heavy atom. The van der Waals surface area contributed by atoms with Crippen LogP contribution in [0, 0.1) is 0 Å². The molecule has 4 nitrogen and oxygen atoms in total. The van der Waals surface area contributed by atoms with E-state index in [0.29, 0.717) is 0 Å². The summed E-state index contributed by atoms with van der Waals surface area (Å²) in [5, 5.41) is 0. The fourth-order valence-corrected chi connectivity index (χ4v) is 1.02. The monoisotopic (exact) mass is 159 g/mol. The molecule has 1 heterocycles. The Morgan fingerprint density at radius 1 is 1.80 bits per heavy atom. The van der Waals surface area contributed by atoms with Gasteiger partial charge in [-0.2, -0.15) is 0 Å². The summed E-state index contributed by atoms with van der Waals surface area (Å²) in [6.07, 6.45) is 0. The molecule has 1 rings (SSSR count). The fraction of sp³-hybridized carbons (Fsp3) is 0.200. The molecule has 0 spiro atoms. The van der Waals surface area contributed by atoms with Crippen LogP contribution in [-0.4, -0.2) is 17.5 Å². The van der Waals surface area contributed by atoms with Crippen molar-refractivity contribution in [2.24, 2.45) is 0 Å². The first-order valence-electron chi connectivity index (χ1n) is 2.51. The largest absolute Gasteiger partial charge is 0.464 e. The summed E-state index contributed by atoms with van der Waals surface area (Å²) >= 11 is 0.867. The number of hydrogen-bond acceptors (Lipinski definition) is 4. The molecular formula is C5H5NO3S. The maximum absolute atomic E-state index is 10.6. The highest BCUT2D eigenvalue weighted by Gasteiger charge is 2.06. The molecule has 0 fully saturated rings. The number of aromatic amines is 1. The zero-order valence-corrected chi connectivity index (χ0v) is 6.03. The number of rotatable bonds is 1. The fourth-order valence-electron chi connectivity index (χ4n) is 0.493. The minimum absolute atomic E-state index is 0.180. The topological polar surface area (TPSA) is 59.2 Å². The highest BCUT2D eigenvalue weighted by atomic mass is 32.1. The first kappa shape index (κ1) is 7.01. The van der Waals surface area contributed by atoms with Crippen molar-refractivity contribution in [1.82, 2.24) is 4.37 Å². The number of ether oxygens (including phenoxy) is 1. The Labute approximate surface area is 60.6 Å². The van der Waals surface area contributed by atoms with Gasteiger partial charge in [0.2, 0.25) is 4.74 Å². The molecular weight excluding hydrogens is 154 g/mol. The number of hydrogen-bond donors (Lipinski definition) is 1. The van der Waals surface area contributed by atoms with Gasteiger partial charge in [-0.15, -0.1) is 0 Å². The van der Waals surface area contributed by atoms with Crippen molar-refractivity contribution in [3.05, 3.63) is 21.3 Å². The van der Waals surface area contributed by atoms with Gasteiger partial charge in [-0.1, -0.05) is 0 Å². The molecule has 0 aliphatic heterocycles. The van der Waals surface area contributed by atoms with Gasteiger partial charge in [-0.05, 0) is 11.5 Å². The van der Waals surface area contributed by atoms with Gasteiger partial charge >= 0.3 is 5.97 Å². The lowest BCUT2D eigenvalue weighted by molar-refractivity contribution is 0.0595. The number of H-pyrrole nitrogens is 1. The van der Waals surface area contributed by atoms with Gasteiger partial charge in [0.25, 0.3) is 0 Å². The van der Waals surface area contributed by atoms with Gasteiger partial charge in [-0.3, -0.25) is 4.79 Å². The second-order valence-electron chi connectivity index (χ2n) is 1.57. The van der Waals surface area contributed by atoms with E-state index in [0.717, 1.165) is 11.5 Å². The Morgan fingerprint density at radius 2 is 2.50 bits per heavy atom. The van der Waals surface area contributed by atoms with E-state index in [1.54, 1.807) is 0 Å². The van der Waals surface area contributed by atoms with Crippen molar-refractivity contribution in [3.63, 3.8) is 0 Å². The molecule has 0 aliphatic rings. The Bertz CT molecular complexity index is 287. The third-order valence-electron chi connectivity index (χ3n) is 0.929. The SMILES string of the molecule is COC(=O)c1cc(=O)s[nH]1. The van der Waals surface area contributed by atoms with Crippen LogP contribution < -0.4 is 4.74 Å². The Kier molecular flexibility index (Phi) is 1.86. The molecule has 1 N–H and O–H groups in total. The van der Waals surface area contributed by atoms with Crippen molar-refractivity contribution in [2.75, 3.05) is 7.11 Å². The van der Waals surface area contributed by atoms with Crippen LogP contribution in [0.25, 0.3) is 0 Å². The van der Waals surface area contributed by atoms with E-state index in [-0.39, 0.29) is 10.4 Å². The van der Waals surface area contributed by atoms with Crippen LogP contribution in [0.1, 0.15) is 10.5 Å². The summed E-state index contributed by atoms with van der Waals surface area (Å²) in [5.74, 6) is -0.515. The van der Waals surface area contributed by atoms with Crippen LogP contribution in [0.5, 0.6) is 0 Å². The molecule has 0 bridgehead atoms. The number of nitrogens with one attached hydrogen (secondary N) is 1. The predicted molar refractivity (Wildman–Crippen MR) is 36.3 cm³/mol. The van der Waals surface area contributed by atoms with E-state index in [9.17, 15) is 9.59 Å². The highest BCUT2D eigenvalue weighted by Crippen LogP contribution is 1.94. The third kappa shape index (κ3) is 1.24. The first-order chi connectivity index (χ1) is 4.74. The molecule has 5 heteroatoms. The number of carbonyl (C=O) groups is 1. The zero-order chi connectivity index (χ0) is 7.56. The van der Waals surface area contributed by atoms with Crippen LogP contribution in [0.15, 0.2) is 10.9 Å². The lowest BCUT2D eigenvalue weighted by Gasteiger charge is -1.90. The minimum Gasteiger partial charge on any atom is -0.464 e. The van der Waals surface area contributed by atoms with Gasteiger partial charge in [0.1, 0.15) is 5.69 Å². The molecule has 0 aromatic carbocycles. The van der Waals surface area contributed by atoms with Crippen molar-refractivity contribution >= 4 is 17.5 Å². The smallest absolute Gasteiger partial charge is 0.355 e. The number of esters is 1. The van der Waals surface area contributed by atoms with Gasteiger partial charge < -0.3 is 9.11 Å². The summed E-state index contributed by atoms with van der Waals surface area (Å²) in [6.45, 7) is 0. The molecule has 0 amide bonds. The lowest BCUT2D eigenvalue weighted by Crippen LogP contribution is -2.01. The predicted octanol–water partition coefficient (Wildman–Crippen LogP) is 0.223. The summed E-state index contributed by atoms with van der Waals surface area (Å²) in [6, 6.07) is 1.20. The number of aromatic nitrogens is 1. The minimum atomic E-state index is -0.515. The average Bonchev–Trinajstić information content (AvgIpc) is 2.34. The van der Waals surface area contributed by atoms with Crippen LogP contribution >= 0.6 is 11.5 Å². The molecule has 0 radical (unpaired) electrons. The molecule has 0 atom stereocenters. The summed E-state index contributed by atoms with van der Waals surface area (Å²) < 4.78 is 6.68. The average molecular weight is 159 g/mol. The van der Waals surface area contributed by atoms with E-state index in [1.807, 2.05) is 0 Å². The highest BCUT2D eigenvalue weighted by molar-refractivity contribution is 7.03. The van der Waals surface area contributed by atoms with Crippen LogP contribution in [0.2, 0.25) is 0 Å². The molecule has 10 heavy (non-hydrogen) atoms. The van der Waals surface area contributed by atoms with E-state index in [1.165, 1.54) is 13.2 Å². The summed E-state index contributed by atoms with van der Waals surface area (Å²) in [4.78, 5) is 21.1. The van der Waals surface area contributed by atoms with Crippen LogP contribution in [0.3, 0.4) is 0 Å². The van der Waals surface area contributed by atoms with Crippen LogP contribution in [-0.2, 0) is 4.74 Å². The van der Waals surface area contributed by atoms with E-state index >= 15 is 0 Å². The molecule has 0 saturated heterocycles. The van der Waals surface area contributed by atoms with E-state index in [4.69, 9.17) is 0 Å².